The zero-order chi connectivity index (χ0) is 13.4. The highest BCUT2D eigenvalue weighted by Gasteiger charge is 2.29. The Morgan fingerprint density at radius 3 is 2.53 bits per heavy atom. The zero-order valence-corrected chi connectivity index (χ0v) is 11.2. The number of nitrogens with one attached hydrogen (secondary N) is 1. The molecule has 1 aliphatic rings. The number of amides is 1. The van der Waals surface area contributed by atoms with Crippen LogP contribution in [0.15, 0.2) is 48.5 Å². The van der Waals surface area contributed by atoms with Gasteiger partial charge in [0, 0.05) is 16.4 Å². The number of anilines is 2. The van der Waals surface area contributed by atoms with Crippen LogP contribution >= 0.6 is 11.6 Å². The van der Waals surface area contributed by atoms with Gasteiger partial charge in [-0.3, -0.25) is 9.69 Å². The first-order valence-corrected chi connectivity index (χ1v) is 6.49. The molecule has 2 aromatic carbocycles. The Morgan fingerprint density at radius 1 is 1.11 bits per heavy atom. The van der Waals surface area contributed by atoms with Crippen LogP contribution in [0.2, 0.25) is 5.02 Å². The van der Waals surface area contributed by atoms with Gasteiger partial charge in [-0.15, -0.1) is 0 Å². The maximum atomic E-state index is 12.6. The maximum absolute atomic E-state index is 12.6. The van der Waals surface area contributed by atoms with Gasteiger partial charge in [-0.25, -0.2) is 0 Å². The number of benzene rings is 2. The Bertz CT molecular complexity index is 624. The van der Waals surface area contributed by atoms with Crippen molar-refractivity contribution in [3.8, 4) is 0 Å². The lowest BCUT2D eigenvalue weighted by Crippen LogP contribution is -2.47. The van der Waals surface area contributed by atoms with Gasteiger partial charge in [-0.05, 0) is 43.3 Å². The van der Waals surface area contributed by atoms with Gasteiger partial charge >= 0.3 is 0 Å². The van der Waals surface area contributed by atoms with E-state index in [1.807, 2.05) is 43.3 Å². The van der Waals surface area contributed by atoms with Crippen molar-refractivity contribution in [3.05, 3.63) is 59.1 Å². The lowest BCUT2D eigenvalue weighted by molar-refractivity contribution is 0.0977. The highest BCUT2D eigenvalue weighted by atomic mass is 35.5. The van der Waals surface area contributed by atoms with Gasteiger partial charge in [0.15, 0.2) is 0 Å². The molecule has 1 N–H and O–H groups in total. The monoisotopic (exact) mass is 272 g/mol. The first-order valence-electron chi connectivity index (χ1n) is 6.11. The van der Waals surface area contributed by atoms with E-state index in [-0.39, 0.29) is 12.1 Å². The summed E-state index contributed by atoms with van der Waals surface area (Å²) in [6.07, 6.45) is -0.0939. The normalized spacial score (nSPS) is 17.9. The minimum absolute atomic E-state index is 0.00386. The van der Waals surface area contributed by atoms with Crippen LogP contribution in [0.5, 0.6) is 0 Å². The van der Waals surface area contributed by atoms with Crippen LogP contribution in [0.1, 0.15) is 17.3 Å². The molecule has 3 nitrogen and oxygen atoms in total. The quantitative estimate of drug-likeness (QED) is 0.857. The molecule has 0 bridgehead atoms. The van der Waals surface area contributed by atoms with E-state index in [9.17, 15) is 4.79 Å². The summed E-state index contributed by atoms with van der Waals surface area (Å²) >= 11 is 5.89. The SMILES string of the molecule is CC1Nc2ccccc2C(=O)N1c1ccc(Cl)cc1. The van der Waals surface area contributed by atoms with Gasteiger partial charge in [0.05, 0.1) is 5.56 Å². The summed E-state index contributed by atoms with van der Waals surface area (Å²) in [4.78, 5) is 14.3. The fourth-order valence-corrected chi connectivity index (χ4v) is 2.46. The number of carbonyl (C=O) groups is 1. The highest BCUT2D eigenvalue weighted by Crippen LogP contribution is 2.29. The van der Waals surface area contributed by atoms with E-state index in [1.165, 1.54) is 0 Å². The number of hydrogen-bond donors (Lipinski definition) is 1. The molecule has 0 saturated heterocycles. The van der Waals surface area contributed by atoms with Crippen LogP contribution in [0.25, 0.3) is 0 Å². The Morgan fingerprint density at radius 2 is 1.79 bits per heavy atom. The van der Waals surface area contributed by atoms with Gasteiger partial charge < -0.3 is 5.32 Å². The number of fused-ring (bicyclic) bond motifs is 1. The molecule has 19 heavy (non-hydrogen) atoms. The molecule has 2 aromatic rings. The molecule has 1 amide bonds. The van der Waals surface area contributed by atoms with Gasteiger partial charge in [0.1, 0.15) is 6.17 Å². The largest absolute Gasteiger partial charge is 0.364 e. The predicted molar refractivity (Wildman–Crippen MR) is 77.8 cm³/mol. The lowest BCUT2D eigenvalue weighted by Gasteiger charge is -2.35. The van der Waals surface area contributed by atoms with Crippen molar-refractivity contribution >= 4 is 28.9 Å². The molecule has 1 heterocycles. The molecule has 0 fully saturated rings. The van der Waals surface area contributed by atoms with Crippen molar-refractivity contribution < 1.29 is 4.79 Å². The smallest absolute Gasteiger partial charge is 0.262 e. The standard InChI is InChI=1S/C15H13ClN2O/c1-10-17-14-5-3-2-4-13(14)15(19)18(10)12-8-6-11(16)7-9-12/h2-10,17H,1H3. The molecular formula is C15H13ClN2O. The Labute approximate surface area is 116 Å². The van der Waals surface area contributed by atoms with Gasteiger partial charge in [-0.1, -0.05) is 23.7 Å². The summed E-state index contributed by atoms with van der Waals surface area (Å²) in [5.41, 5.74) is 2.41. The average molecular weight is 273 g/mol. The number of hydrogen-bond acceptors (Lipinski definition) is 2. The number of nitrogens with zero attached hydrogens (tertiary/aromatic N) is 1. The van der Waals surface area contributed by atoms with Gasteiger partial charge in [0.2, 0.25) is 0 Å². The minimum Gasteiger partial charge on any atom is -0.364 e. The number of rotatable bonds is 1. The Kier molecular flexibility index (Phi) is 2.91. The van der Waals surface area contributed by atoms with Crippen LogP contribution in [-0.4, -0.2) is 12.1 Å². The van der Waals surface area contributed by atoms with Crippen LogP contribution in [-0.2, 0) is 0 Å². The van der Waals surface area contributed by atoms with E-state index in [0.717, 1.165) is 11.4 Å². The molecule has 96 valence electrons. The topological polar surface area (TPSA) is 32.3 Å². The molecule has 3 rings (SSSR count). The highest BCUT2D eigenvalue weighted by molar-refractivity contribution is 6.30. The number of para-hydroxylation sites is 1. The maximum Gasteiger partial charge on any atom is 0.262 e. The number of carbonyl (C=O) groups excluding carboxylic acids is 1. The van der Waals surface area contributed by atoms with E-state index in [1.54, 1.807) is 17.0 Å². The average Bonchev–Trinajstić information content (AvgIpc) is 2.41. The second-order valence-electron chi connectivity index (χ2n) is 4.52. The Balaban J connectivity index is 2.04. The van der Waals surface area contributed by atoms with Crippen LogP contribution in [0.4, 0.5) is 11.4 Å². The predicted octanol–water partition coefficient (Wildman–Crippen LogP) is 3.76. The third-order valence-corrected chi connectivity index (χ3v) is 3.48. The molecule has 1 aliphatic heterocycles. The first-order chi connectivity index (χ1) is 9.16. The van der Waals surface area contributed by atoms with Crippen molar-refractivity contribution in [1.29, 1.82) is 0 Å². The third kappa shape index (κ3) is 2.06. The fourth-order valence-electron chi connectivity index (χ4n) is 2.33. The summed E-state index contributed by atoms with van der Waals surface area (Å²) in [5.74, 6) is 0.00386. The molecule has 0 radical (unpaired) electrons. The fraction of sp³-hybridized carbons (Fsp3) is 0.133. The van der Waals surface area contributed by atoms with Crippen molar-refractivity contribution in [2.24, 2.45) is 0 Å². The third-order valence-electron chi connectivity index (χ3n) is 3.23. The molecule has 0 saturated carbocycles. The summed E-state index contributed by atoms with van der Waals surface area (Å²) in [6.45, 7) is 1.96. The summed E-state index contributed by atoms with van der Waals surface area (Å²) < 4.78 is 0. The van der Waals surface area contributed by atoms with E-state index in [4.69, 9.17) is 11.6 Å². The summed E-state index contributed by atoms with van der Waals surface area (Å²) in [6, 6.07) is 14.8. The summed E-state index contributed by atoms with van der Waals surface area (Å²) in [5, 5.41) is 3.99. The molecule has 4 heteroatoms. The molecule has 1 atom stereocenters. The lowest BCUT2D eigenvalue weighted by atomic mass is 10.1. The summed E-state index contributed by atoms with van der Waals surface area (Å²) in [7, 11) is 0. The van der Waals surface area contributed by atoms with Crippen molar-refractivity contribution in [2.75, 3.05) is 10.2 Å². The van der Waals surface area contributed by atoms with Gasteiger partial charge in [-0.2, -0.15) is 0 Å². The van der Waals surface area contributed by atoms with Crippen molar-refractivity contribution in [3.63, 3.8) is 0 Å². The molecule has 0 aromatic heterocycles. The zero-order valence-electron chi connectivity index (χ0n) is 10.4. The van der Waals surface area contributed by atoms with E-state index in [2.05, 4.69) is 5.32 Å². The van der Waals surface area contributed by atoms with Crippen LogP contribution < -0.4 is 10.2 Å². The van der Waals surface area contributed by atoms with Crippen molar-refractivity contribution in [1.82, 2.24) is 0 Å². The number of halogens is 1. The minimum atomic E-state index is -0.0939. The van der Waals surface area contributed by atoms with Crippen molar-refractivity contribution in [2.45, 2.75) is 13.1 Å². The van der Waals surface area contributed by atoms with Crippen LogP contribution in [0.3, 0.4) is 0 Å². The molecule has 1 unspecified atom stereocenters. The molecular weight excluding hydrogens is 260 g/mol. The second kappa shape index (κ2) is 4.59. The van der Waals surface area contributed by atoms with E-state index in [0.29, 0.717) is 10.6 Å². The van der Waals surface area contributed by atoms with Gasteiger partial charge in [0.25, 0.3) is 5.91 Å². The van der Waals surface area contributed by atoms with E-state index < -0.39 is 0 Å². The van der Waals surface area contributed by atoms with E-state index >= 15 is 0 Å². The first kappa shape index (κ1) is 12.1. The second-order valence-corrected chi connectivity index (χ2v) is 4.95. The molecule has 0 aliphatic carbocycles. The Hall–Kier alpha value is -2.00. The van der Waals surface area contributed by atoms with Crippen LogP contribution in [0, 0.1) is 0 Å². The molecule has 0 spiro atoms.